The van der Waals surface area contributed by atoms with Crippen molar-refractivity contribution in [1.29, 1.82) is 0 Å². The Morgan fingerprint density at radius 3 is 2.74 bits per heavy atom. The number of nitrogens with one attached hydrogen (secondary N) is 1. The molecule has 0 bridgehead atoms. The fraction of sp³-hybridized carbons (Fsp3) is 0.381. The third-order valence-corrected chi connectivity index (χ3v) is 5.70. The van der Waals surface area contributed by atoms with E-state index in [1.165, 1.54) is 5.56 Å². The number of hydrogen-bond acceptors (Lipinski definition) is 4. The van der Waals surface area contributed by atoms with Gasteiger partial charge in [-0.15, -0.1) is 0 Å². The maximum absolute atomic E-state index is 13.1. The van der Waals surface area contributed by atoms with E-state index in [1.54, 1.807) is 11.9 Å². The van der Waals surface area contributed by atoms with E-state index >= 15 is 0 Å². The van der Waals surface area contributed by atoms with Crippen LogP contribution in [-0.2, 0) is 9.59 Å². The van der Waals surface area contributed by atoms with Crippen LogP contribution < -0.4 is 10.2 Å². The van der Waals surface area contributed by atoms with Gasteiger partial charge in [-0.2, -0.15) is 0 Å². The first-order chi connectivity index (χ1) is 13.0. The first-order valence-electron chi connectivity index (χ1n) is 9.28. The zero-order chi connectivity index (χ0) is 19.1. The van der Waals surface area contributed by atoms with E-state index in [4.69, 9.17) is 0 Å². The Morgan fingerprint density at radius 1 is 1.30 bits per heavy atom. The van der Waals surface area contributed by atoms with Crippen molar-refractivity contribution < 1.29 is 14.4 Å². The largest absolute Gasteiger partial charge is 0.359 e. The van der Waals surface area contributed by atoms with E-state index < -0.39 is 6.04 Å². The number of likely N-dealkylation sites (tertiary alicyclic amines) is 1. The first-order valence-corrected chi connectivity index (χ1v) is 9.28. The second kappa shape index (κ2) is 6.78. The summed E-state index contributed by atoms with van der Waals surface area (Å²) in [6, 6.07) is 9.20. The minimum atomic E-state index is -0.647. The Kier molecular flexibility index (Phi) is 4.44. The van der Waals surface area contributed by atoms with Crippen LogP contribution in [0.2, 0.25) is 0 Å². The standard InChI is InChI=1S/C21H23N3O3/c1-22-19(26)9-6-14(12-25)24-18-5-3-4-16-15(13-10-23(2)11-13)7-8-17(20(16)18)21(24)27/h3-5,7-8,12-14H,6,9-11H2,1-2H3,(H,22,26). The van der Waals surface area contributed by atoms with Gasteiger partial charge in [-0.05, 0) is 36.6 Å². The van der Waals surface area contributed by atoms with Crippen molar-refractivity contribution in [1.82, 2.24) is 10.2 Å². The normalized spacial score (nSPS) is 17.9. The number of hydrogen-bond donors (Lipinski definition) is 1. The maximum Gasteiger partial charge on any atom is 0.259 e. The zero-order valence-corrected chi connectivity index (χ0v) is 15.6. The van der Waals surface area contributed by atoms with Gasteiger partial charge in [0.25, 0.3) is 5.91 Å². The molecule has 2 amide bonds. The summed E-state index contributed by atoms with van der Waals surface area (Å²) in [5.74, 6) is 0.173. The lowest BCUT2D eigenvalue weighted by Crippen LogP contribution is -2.41. The zero-order valence-electron chi connectivity index (χ0n) is 15.6. The molecule has 0 saturated carbocycles. The molecule has 1 atom stereocenters. The highest BCUT2D eigenvalue weighted by Gasteiger charge is 2.36. The van der Waals surface area contributed by atoms with Crippen LogP contribution in [0.15, 0.2) is 30.3 Å². The van der Waals surface area contributed by atoms with Gasteiger partial charge in [-0.25, -0.2) is 0 Å². The molecule has 2 aliphatic rings. The first kappa shape index (κ1) is 17.7. The highest BCUT2D eigenvalue weighted by atomic mass is 16.2. The summed E-state index contributed by atoms with van der Waals surface area (Å²) in [6.45, 7) is 2.03. The minimum absolute atomic E-state index is 0.138. The number of benzene rings is 2. The quantitative estimate of drug-likeness (QED) is 0.794. The molecule has 27 heavy (non-hydrogen) atoms. The monoisotopic (exact) mass is 365 g/mol. The number of anilines is 1. The number of carbonyl (C=O) groups excluding carboxylic acids is 3. The van der Waals surface area contributed by atoms with E-state index in [1.807, 2.05) is 18.2 Å². The van der Waals surface area contributed by atoms with Crippen molar-refractivity contribution in [2.45, 2.75) is 24.8 Å². The summed E-state index contributed by atoms with van der Waals surface area (Å²) in [5.41, 5.74) is 2.68. The third kappa shape index (κ3) is 2.80. The van der Waals surface area contributed by atoms with E-state index in [-0.39, 0.29) is 18.2 Å². The second-order valence-corrected chi connectivity index (χ2v) is 7.41. The molecular formula is C21H23N3O3. The van der Waals surface area contributed by atoms with Crippen molar-refractivity contribution >= 4 is 34.6 Å². The molecule has 1 saturated heterocycles. The average molecular weight is 365 g/mol. The molecule has 6 nitrogen and oxygen atoms in total. The molecule has 6 heteroatoms. The Bertz CT molecular complexity index is 934. The van der Waals surface area contributed by atoms with Gasteiger partial charge in [0.2, 0.25) is 5.91 Å². The SMILES string of the molecule is CNC(=O)CCC(C=O)N1C(=O)c2ccc(C3CN(C)C3)c3cccc1c23. The predicted octanol–water partition coefficient (Wildman–Crippen LogP) is 1.92. The molecule has 1 unspecified atom stereocenters. The summed E-state index contributed by atoms with van der Waals surface area (Å²) in [4.78, 5) is 40.2. The molecule has 4 rings (SSSR count). The molecule has 1 fully saturated rings. The van der Waals surface area contributed by atoms with E-state index in [0.29, 0.717) is 17.9 Å². The van der Waals surface area contributed by atoms with Crippen molar-refractivity contribution in [3.63, 3.8) is 0 Å². The topological polar surface area (TPSA) is 69.7 Å². The Morgan fingerprint density at radius 2 is 2.07 bits per heavy atom. The van der Waals surface area contributed by atoms with Gasteiger partial charge in [-0.3, -0.25) is 14.5 Å². The van der Waals surface area contributed by atoms with Gasteiger partial charge >= 0.3 is 0 Å². The van der Waals surface area contributed by atoms with Gasteiger partial charge in [-0.1, -0.05) is 18.2 Å². The Balaban J connectivity index is 1.73. The van der Waals surface area contributed by atoms with Crippen molar-refractivity contribution in [3.05, 3.63) is 41.5 Å². The fourth-order valence-corrected chi connectivity index (χ4v) is 4.27. The van der Waals surface area contributed by atoms with Gasteiger partial charge in [0.1, 0.15) is 6.29 Å². The summed E-state index contributed by atoms with van der Waals surface area (Å²) < 4.78 is 0. The van der Waals surface area contributed by atoms with Crippen molar-refractivity contribution in [3.8, 4) is 0 Å². The molecule has 0 aromatic heterocycles. The molecule has 2 aromatic carbocycles. The molecule has 0 spiro atoms. The van der Waals surface area contributed by atoms with Crippen LogP contribution in [0.25, 0.3) is 10.8 Å². The number of rotatable bonds is 6. The number of aldehydes is 1. The molecule has 0 radical (unpaired) electrons. The van der Waals surface area contributed by atoms with Crippen LogP contribution >= 0.6 is 0 Å². The second-order valence-electron chi connectivity index (χ2n) is 7.41. The Labute approximate surface area is 158 Å². The number of amides is 2. The maximum atomic E-state index is 13.1. The molecule has 0 aliphatic carbocycles. The number of nitrogens with zero attached hydrogens (tertiary/aromatic N) is 2. The van der Waals surface area contributed by atoms with Gasteiger partial charge in [0.15, 0.2) is 0 Å². The summed E-state index contributed by atoms with van der Waals surface area (Å²) in [5, 5.41) is 4.58. The van der Waals surface area contributed by atoms with Gasteiger partial charge in [0.05, 0.1) is 11.7 Å². The summed E-state index contributed by atoms with van der Waals surface area (Å²) >= 11 is 0. The highest BCUT2D eigenvalue weighted by molar-refractivity contribution is 6.26. The summed E-state index contributed by atoms with van der Waals surface area (Å²) in [7, 11) is 3.66. The van der Waals surface area contributed by atoms with E-state index in [2.05, 4.69) is 29.4 Å². The van der Waals surface area contributed by atoms with Crippen LogP contribution in [0.5, 0.6) is 0 Å². The van der Waals surface area contributed by atoms with E-state index in [0.717, 1.165) is 35.8 Å². The molecule has 140 valence electrons. The van der Waals surface area contributed by atoms with Crippen LogP contribution in [0.1, 0.15) is 34.7 Å². The lowest BCUT2D eigenvalue weighted by atomic mass is 9.87. The molecular weight excluding hydrogens is 342 g/mol. The van der Waals surface area contributed by atoms with Crippen LogP contribution in [0, 0.1) is 0 Å². The smallest absolute Gasteiger partial charge is 0.259 e. The lowest BCUT2D eigenvalue weighted by Gasteiger charge is -2.37. The average Bonchev–Trinajstić information content (AvgIpc) is 2.94. The molecule has 1 N–H and O–H groups in total. The highest BCUT2D eigenvalue weighted by Crippen LogP contribution is 2.42. The van der Waals surface area contributed by atoms with Gasteiger partial charge < -0.3 is 15.0 Å². The van der Waals surface area contributed by atoms with Crippen LogP contribution in [0.4, 0.5) is 5.69 Å². The van der Waals surface area contributed by atoms with Crippen LogP contribution in [0.3, 0.4) is 0 Å². The van der Waals surface area contributed by atoms with Gasteiger partial charge in [0, 0.05) is 43.4 Å². The molecule has 2 aliphatic heterocycles. The van der Waals surface area contributed by atoms with Crippen LogP contribution in [-0.4, -0.2) is 56.2 Å². The van der Waals surface area contributed by atoms with Crippen molar-refractivity contribution in [2.24, 2.45) is 0 Å². The molecule has 2 heterocycles. The minimum Gasteiger partial charge on any atom is -0.359 e. The lowest BCUT2D eigenvalue weighted by molar-refractivity contribution is -0.120. The fourth-order valence-electron chi connectivity index (χ4n) is 4.27. The van der Waals surface area contributed by atoms with Crippen molar-refractivity contribution in [2.75, 3.05) is 32.1 Å². The molecule has 2 aromatic rings. The third-order valence-electron chi connectivity index (χ3n) is 5.70. The number of likely N-dealkylation sites (N-methyl/N-ethyl adjacent to an activating group) is 1. The summed E-state index contributed by atoms with van der Waals surface area (Å²) in [6.07, 6.45) is 1.28. The number of carbonyl (C=O) groups is 3. The van der Waals surface area contributed by atoms with E-state index in [9.17, 15) is 14.4 Å². The predicted molar refractivity (Wildman–Crippen MR) is 104 cm³/mol. The Hall–Kier alpha value is -2.73.